The summed E-state index contributed by atoms with van der Waals surface area (Å²) in [6.45, 7) is 3.17. The quantitative estimate of drug-likeness (QED) is 0.637. The standard InChI is InChI=1S/C19H25Cl2N3O2S/c1-19(8-4-5-9-19)24(11-10-23(2)3)27(25,26)14-6-7-15-16(12-14)18(21)22-13-17(15)20/h6-7,12-13H,4-5,8-11H2,1-3H3. The fourth-order valence-corrected chi connectivity index (χ4v) is 6.06. The maximum Gasteiger partial charge on any atom is 0.243 e. The molecule has 0 saturated heterocycles. The smallest absolute Gasteiger partial charge is 0.243 e. The van der Waals surface area contributed by atoms with Crippen molar-refractivity contribution >= 4 is 44.0 Å². The highest BCUT2D eigenvalue weighted by Crippen LogP contribution is 2.39. The number of hydrogen-bond acceptors (Lipinski definition) is 4. The number of pyridine rings is 1. The molecule has 3 rings (SSSR count). The van der Waals surface area contributed by atoms with Crippen molar-refractivity contribution in [1.29, 1.82) is 0 Å². The topological polar surface area (TPSA) is 53.5 Å². The molecular formula is C19H25Cl2N3O2S. The van der Waals surface area contributed by atoms with Gasteiger partial charge in [0.15, 0.2) is 0 Å². The fourth-order valence-electron chi connectivity index (χ4n) is 3.80. The van der Waals surface area contributed by atoms with Crippen LogP contribution in [0, 0.1) is 0 Å². The molecule has 1 saturated carbocycles. The third-order valence-electron chi connectivity index (χ3n) is 5.38. The van der Waals surface area contributed by atoms with Crippen molar-refractivity contribution in [3.05, 3.63) is 34.6 Å². The molecule has 0 radical (unpaired) electrons. The van der Waals surface area contributed by atoms with Crippen molar-refractivity contribution in [2.24, 2.45) is 0 Å². The molecule has 1 heterocycles. The lowest BCUT2D eigenvalue weighted by molar-refractivity contribution is 0.195. The van der Waals surface area contributed by atoms with Gasteiger partial charge in [-0.05, 0) is 46.0 Å². The van der Waals surface area contributed by atoms with E-state index in [1.165, 1.54) is 6.20 Å². The van der Waals surface area contributed by atoms with E-state index in [2.05, 4.69) is 11.9 Å². The Bertz CT molecular complexity index is 941. The largest absolute Gasteiger partial charge is 0.308 e. The minimum Gasteiger partial charge on any atom is -0.308 e. The average Bonchev–Trinajstić information content (AvgIpc) is 3.04. The Morgan fingerprint density at radius 3 is 2.41 bits per heavy atom. The van der Waals surface area contributed by atoms with Crippen LogP contribution in [0.5, 0.6) is 0 Å². The van der Waals surface area contributed by atoms with Crippen LogP contribution < -0.4 is 0 Å². The van der Waals surface area contributed by atoms with E-state index in [-0.39, 0.29) is 15.6 Å². The molecule has 148 valence electrons. The minimum absolute atomic E-state index is 0.229. The summed E-state index contributed by atoms with van der Waals surface area (Å²) in [5.41, 5.74) is -0.361. The van der Waals surface area contributed by atoms with E-state index in [0.717, 1.165) is 25.7 Å². The molecular weight excluding hydrogens is 405 g/mol. The average molecular weight is 430 g/mol. The van der Waals surface area contributed by atoms with Crippen LogP contribution in [0.15, 0.2) is 29.3 Å². The predicted octanol–water partition coefficient (Wildman–Crippen LogP) is 4.43. The molecule has 1 aliphatic rings. The molecule has 0 spiro atoms. The van der Waals surface area contributed by atoms with Crippen LogP contribution in [0.2, 0.25) is 10.2 Å². The molecule has 8 heteroatoms. The van der Waals surface area contributed by atoms with E-state index in [4.69, 9.17) is 23.2 Å². The van der Waals surface area contributed by atoms with Gasteiger partial charge in [0.25, 0.3) is 0 Å². The van der Waals surface area contributed by atoms with E-state index in [1.807, 2.05) is 19.0 Å². The Kier molecular flexibility index (Phi) is 6.04. The number of likely N-dealkylation sites (N-methyl/N-ethyl adjacent to an activating group) is 1. The van der Waals surface area contributed by atoms with Crippen LogP contribution in [0.3, 0.4) is 0 Å². The molecule has 1 fully saturated rings. The van der Waals surface area contributed by atoms with Gasteiger partial charge in [0.05, 0.1) is 9.92 Å². The van der Waals surface area contributed by atoms with Crippen LogP contribution in [0.25, 0.3) is 10.8 Å². The monoisotopic (exact) mass is 429 g/mol. The summed E-state index contributed by atoms with van der Waals surface area (Å²) in [4.78, 5) is 6.28. The van der Waals surface area contributed by atoms with E-state index in [9.17, 15) is 8.42 Å². The summed E-state index contributed by atoms with van der Waals surface area (Å²) in [6, 6.07) is 4.91. The van der Waals surface area contributed by atoms with Crippen LogP contribution in [0.4, 0.5) is 0 Å². The van der Waals surface area contributed by atoms with E-state index >= 15 is 0 Å². The zero-order valence-corrected chi connectivity index (χ0v) is 18.2. The highest BCUT2D eigenvalue weighted by atomic mass is 35.5. The predicted molar refractivity (Wildman–Crippen MR) is 111 cm³/mol. The molecule has 0 aliphatic heterocycles. The Balaban J connectivity index is 2.08. The first-order chi connectivity index (χ1) is 12.6. The third-order valence-corrected chi connectivity index (χ3v) is 8.04. The first-order valence-electron chi connectivity index (χ1n) is 9.06. The van der Waals surface area contributed by atoms with Gasteiger partial charge in [0.1, 0.15) is 5.15 Å². The minimum atomic E-state index is -3.68. The van der Waals surface area contributed by atoms with Gasteiger partial charge < -0.3 is 4.90 Å². The van der Waals surface area contributed by atoms with Crippen molar-refractivity contribution in [2.45, 2.75) is 43.0 Å². The molecule has 0 amide bonds. The van der Waals surface area contributed by atoms with E-state index in [1.54, 1.807) is 22.5 Å². The molecule has 2 aromatic rings. The number of sulfonamides is 1. The molecule has 0 N–H and O–H groups in total. The Morgan fingerprint density at radius 2 is 1.78 bits per heavy atom. The van der Waals surface area contributed by atoms with Gasteiger partial charge in [-0.2, -0.15) is 4.31 Å². The Morgan fingerprint density at radius 1 is 1.11 bits per heavy atom. The first kappa shape index (κ1) is 20.8. The SMILES string of the molecule is CN(C)CCN(C1(C)CCCC1)S(=O)(=O)c1ccc2c(Cl)cnc(Cl)c2c1. The van der Waals surface area contributed by atoms with Gasteiger partial charge >= 0.3 is 0 Å². The lowest BCUT2D eigenvalue weighted by atomic mass is 10.0. The molecule has 1 aromatic heterocycles. The zero-order chi connectivity index (χ0) is 19.8. The second kappa shape index (κ2) is 7.84. The van der Waals surface area contributed by atoms with Gasteiger partial charge in [-0.25, -0.2) is 13.4 Å². The normalized spacial score (nSPS) is 17.3. The van der Waals surface area contributed by atoms with Crippen LogP contribution in [-0.2, 0) is 10.0 Å². The Labute approximate surface area is 171 Å². The van der Waals surface area contributed by atoms with E-state index in [0.29, 0.717) is 28.9 Å². The molecule has 27 heavy (non-hydrogen) atoms. The summed E-state index contributed by atoms with van der Waals surface area (Å²) in [5.74, 6) is 0. The van der Waals surface area contributed by atoms with Crippen molar-refractivity contribution in [3.63, 3.8) is 0 Å². The van der Waals surface area contributed by atoms with Crippen molar-refractivity contribution in [3.8, 4) is 0 Å². The number of fused-ring (bicyclic) bond motifs is 1. The lowest BCUT2D eigenvalue weighted by Crippen LogP contribution is -2.50. The summed E-state index contributed by atoms with van der Waals surface area (Å²) >= 11 is 12.4. The molecule has 0 unspecified atom stereocenters. The summed E-state index contributed by atoms with van der Waals surface area (Å²) in [7, 11) is 0.217. The van der Waals surface area contributed by atoms with Crippen LogP contribution in [-0.4, -0.2) is 55.3 Å². The first-order valence-corrected chi connectivity index (χ1v) is 11.3. The summed E-state index contributed by atoms with van der Waals surface area (Å²) in [5, 5.41) is 1.95. The molecule has 5 nitrogen and oxygen atoms in total. The van der Waals surface area contributed by atoms with Gasteiger partial charge in [0.2, 0.25) is 10.0 Å². The number of nitrogens with zero attached hydrogens (tertiary/aromatic N) is 3. The van der Waals surface area contributed by atoms with E-state index < -0.39 is 10.0 Å². The van der Waals surface area contributed by atoms with Crippen molar-refractivity contribution in [1.82, 2.24) is 14.2 Å². The number of hydrogen-bond donors (Lipinski definition) is 0. The van der Waals surface area contributed by atoms with Gasteiger partial charge in [-0.3, -0.25) is 0 Å². The highest BCUT2D eigenvalue weighted by Gasteiger charge is 2.42. The summed E-state index contributed by atoms with van der Waals surface area (Å²) in [6.07, 6.45) is 5.33. The Hall–Kier alpha value is -0.920. The van der Waals surface area contributed by atoms with Gasteiger partial charge in [-0.15, -0.1) is 0 Å². The van der Waals surface area contributed by atoms with Crippen molar-refractivity contribution < 1.29 is 8.42 Å². The number of halogens is 2. The molecule has 1 aromatic carbocycles. The second-order valence-electron chi connectivity index (χ2n) is 7.69. The van der Waals surface area contributed by atoms with Crippen LogP contribution in [0.1, 0.15) is 32.6 Å². The summed E-state index contributed by atoms with van der Waals surface area (Å²) < 4.78 is 28.9. The molecule has 0 bridgehead atoms. The number of benzene rings is 1. The second-order valence-corrected chi connectivity index (χ2v) is 10.3. The molecule has 0 atom stereocenters. The maximum absolute atomic E-state index is 13.6. The lowest BCUT2D eigenvalue weighted by Gasteiger charge is -2.38. The zero-order valence-electron chi connectivity index (χ0n) is 15.9. The maximum atomic E-state index is 13.6. The third kappa shape index (κ3) is 4.10. The van der Waals surface area contributed by atoms with Gasteiger partial charge in [0, 0.05) is 35.6 Å². The number of rotatable bonds is 6. The van der Waals surface area contributed by atoms with Gasteiger partial charge in [-0.1, -0.05) is 42.1 Å². The molecule has 1 aliphatic carbocycles. The van der Waals surface area contributed by atoms with Crippen molar-refractivity contribution in [2.75, 3.05) is 27.2 Å². The number of aromatic nitrogens is 1. The highest BCUT2D eigenvalue weighted by molar-refractivity contribution is 7.89. The van der Waals surface area contributed by atoms with Crippen LogP contribution >= 0.6 is 23.2 Å². The fraction of sp³-hybridized carbons (Fsp3) is 0.526.